The molecular weight excluding hydrogens is 414 g/mol. The van der Waals surface area contributed by atoms with E-state index in [2.05, 4.69) is 0 Å². The quantitative estimate of drug-likeness (QED) is 0.665. The van der Waals surface area contributed by atoms with Gasteiger partial charge in [-0.1, -0.05) is 0 Å². The highest BCUT2D eigenvalue weighted by atomic mass is 19.1. The second-order valence-electron chi connectivity index (χ2n) is 10.6. The molecule has 0 aromatic heterocycles. The number of benzene rings is 1. The summed E-state index contributed by atoms with van der Waals surface area (Å²) >= 11 is 0. The molecule has 2 fully saturated rings. The van der Waals surface area contributed by atoms with Crippen LogP contribution in [0.25, 0.3) is 0 Å². The topological polar surface area (TPSA) is 68.3 Å². The number of halogens is 1. The van der Waals surface area contributed by atoms with Crippen LogP contribution in [0.5, 0.6) is 0 Å². The van der Waals surface area contributed by atoms with E-state index in [9.17, 15) is 14.0 Å². The number of likely N-dealkylation sites (N-methyl/N-ethyl adjacent to an activating group) is 1. The molecule has 2 saturated heterocycles. The average Bonchev–Trinajstić information content (AvgIpc) is 3.22. The average molecular weight is 448 g/mol. The fourth-order valence-electron chi connectivity index (χ4n) is 3.74. The number of carbonyl (C=O) groups excluding carboxylic acids is 2. The van der Waals surface area contributed by atoms with Crippen LogP contribution in [0.4, 0.5) is 9.18 Å². The van der Waals surface area contributed by atoms with Gasteiger partial charge in [-0.05, 0) is 73.1 Å². The highest BCUT2D eigenvalue weighted by Crippen LogP contribution is 2.36. The van der Waals surface area contributed by atoms with Gasteiger partial charge >= 0.3 is 13.2 Å². The summed E-state index contributed by atoms with van der Waals surface area (Å²) in [5.41, 5.74) is -1.25. The molecule has 0 N–H and O–H groups in total. The van der Waals surface area contributed by atoms with Crippen LogP contribution in [0.1, 0.15) is 65.2 Å². The molecule has 1 aromatic carbocycles. The molecule has 0 bridgehead atoms. The zero-order valence-electron chi connectivity index (χ0n) is 20.3. The third-order valence-corrected chi connectivity index (χ3v) is 6.43. The lowest BCUT2D eigenvalue weighted by Gasteiger charge is -2.32. The monoisotopic (exact) mass is 448 g/mol. The maximum absolute atomic E-state index is 14.6. The number of hydrogen-bond donors (Lipinski definition) is 0. The predicted molar refractivity (Wildman–Crippen MR) is 120 cm³/mol. The number of likely N-dealkylation sites (tertiary alicyclic amines) is 1. The number of carbonyl (C=O) groups is 2. The lowest BCUT2D eigenvalue weighted by atomic mass is 9.78. The van der Waals surface area contributed by atoms with E-state index < -0.39 is 35.8 Å². The van der Waals surface area contributed by atoms with Crippen LogP contribution >= 0.6 is 0 Å². The maximum Gasteiger partial charge on any atom is 0.497 e. The van der Waals surface area contributed by atoms with Crippen LogP contribution in [0, 0.1) is 5.82 Å². The van der Waals surface area contributed by atoms with E-state index in [1.165, 1.54) is 18.2 Å². The van der Waals surface area contributed by atoms with Crippen molar-refractivity contribution < 1.29 is 28.0 Å². The molecule has 0 aliphatic carbocycles. The first kappa shape index (κ1) is 24.5. The zero-order valence-corrected chi connectivity index (χ0v) is 20.3. The van der Waals surface area contributed by atoms with Crippen molar-refractivity contribution in [3.8, 4) is 0 Å². The minimum Gasteiger partial charge on any atom is -0.444 e. The predicted octanol–water partition coefficient (Wildman–Crippen LogP) is 3.21. The van der Waals surface area contributed by atoms with Crippen molar-refractivity contribution in [2.45, 2.75) is 77.7 Å². The second kappa shape index (κ2) is 8.34. The summed E-state index contributed by atoms with van der Waals surface area (Å²) in [4.78, 5) is 28.7. The van der Waals surface area contributed by atoms with Gasteiger partial charge in [0.25, 0.3) is 5.91 Å². The van der Waals surface area contributed by atoms with Crippen molar-refractivity contribution in [3.05, 3.63) is 29.6 Å². The number of hydrogen-bond acceptors (Lipinski definition) is 5. The third-order valence-electron chi connectivity index (χ3n) is 6.43. The Morgan fingerprint density at radius 1 is 1.19 bits per heavy atom. The van der Waals surface area contributed by atoms with Gasteiger partial charge in [-0.3, -0.25) is 4.79 Å². The van der Waals surface area contributed by atoms with Crippen LogP contribution in [0.3, 0.4) is 0 Å². The largest absolute Gasteiger partial charge is 0.497 e. The Kier molecular flexibility index (Phi) is 6.39. The summed E-state index contributed by atoms with van der Waals surface area (Å²) in [7, 11) is 0.790. The van der Waals surface area contributed by atoms with Crippen molar-refractivity contribution >= 4 is 24.6 Å². The summed E-state index contributed by atoms with van der Waals surface area (Å²) in [5.74, 6) is -0.702. The van der Waals surface area contributed by atoms with Gasteiger partial charge < -0.3 is 23.8 Å². The Hall–Kier alpha value is -2.13. The summed E-state index contributed by atoms with van der Waals surface area (Å²) in [6.07, 6.45) is 0.230. The van der Waals surface area contributed by atoms with Crippen molar-refractivity contribution in [1.82, 2.24) is 9.80 Å². The molecule has 1 atom stereocenters. The van der Waals surface area contributed by atoms with Crippen LogP contribution in [0.15, 0.2) is 18.2 Å². The van der Waals surface area contributed by atoms with Crippen molar-refractivity contribution in [1.29, 1.82) is 0 Å². The second-order valence-corrected chi connectivity index (χ2v) is 10.6. The molecular formula is C23H34BFN2O5. The van der Waals surface area contributed by atoms with Crippen LogP contribution in [-0.4, -0.2) is 71.9 Å². The molecule has 176 valence electrons. The minimum absolute atomic E-state index is 0.142. The normalized spacial score (nSPS) is 22.2. The van der Waals surface area contributed by atoms with Crippen molar-refractivity contribution in [3.63, 3.8) is 0 Å². The van der Waals surface area contributed by atoms with Gasteiger partial charge in [-0.2, -0.15) is 0 Å². The fraction of sp³-hybridized carbons (Fsp3) is 0.652. The van der Waals surface area contributed by atoms with E-state index >= 15 is 0 Å². The van der Waals surface area contributed by atoms with Crippen LogP contribution < -0.4 is 5.46 Å². The summed E-state index contributed by atoms with van der Waals surface area (Å²) in [5, 5.41) is 0. The smallest absolute Gasteiger partial charge is 0.444 e. The lowest BCUT2D eigenvalue weighted by molar-refractivity contribution is 0.00578. The minimum atomic E-state index is -0.891. The SMILES string of the molecule is CN(C(=O)OC(C)(C)C)[C@@H]1CCN(C(=O)c2ccc(F)c(B3OC(C)(C)C(C)(C)O3)c2)C1. The Labute approximate surface area is 190 Å². The van der Waals surface area contributed by atoms with Crippen LogP contribution in [-0.2, 0) is 14.0 Å². The number of rotatable bonds is 3. The molecule has 2 heterocycles. The molecule has 0 spiro atoms. The molecule has 2 aliphatic rings. The van der Waals surface area contributed by atoms with E-state index in [0.29, 0.717) is 25.1 Å². The zero-order chi connectivity index (χ0) is 24.1. The molecule has 7 nitrogen and oxygen atoms in total. The van der Waals surface area contributed by atoms with Gasteiger partial charge in [0.2, 0.25) is 0 Å². The summed E-state index contributed by atoms with van der Waals surface area (Å²) < 4.78 is 32.0. The Morgan fingerprint density at radius 2 is 1.78 bits per heavy atom. The Bertz CT molecular complexity index is 883. The summed E-state index contributed by atoms with van der Waals surface area (Å²) in [6, 6.07) is 4.10. The van der Waals surface area contributed by atoms with E-state index in [4.69, 9.17) is 14.0 Å². The van der Waals surface area contributed by atoms with Crippen LogP contribution in [0.2, 0.25) is 0 Å². The van der Waals surface area contributed by atoms with Gasteiger partial charge in [0, 0.05) is 31.2 Å². The van der Waals surface area contributed by atoms with E-state index in [1.807, 2.05) is 48.5 Å². The Balaban J connectivity index is 1.71. The number of ether oxygens (including phenoxy) is 1. The molecule has 2 amide bonds. The van der Waals surface area contributed by atoms with Gasteiger partial charge in [0.05, 0.1) is 17.2 Å². The third kappa shape index (κ3) is 4.93. The maximum atomic E-state index is 14.6. The van der Waals surface area contributed by atoms with E-state index in [0.717, 1.165) is 0 Å². The highest BCUT2D eigenvalue weighted by Gasteiger charge is 2.52. The first-order valence-corrected chi connectivity index (χ1v) is 11.0. The summed E-state index contributed by atoms with van der Waals surface area (Å²) in [6.45, 7) is 13.9. The Morgan fingerprint density at radius 3 is 2.34 bits per heavy atom. The highest BCUT2D eigenvalue weighted by molar-refractivity contribution is 6.62. The molecule has 32 heavy (non-hydrogen) atoms. The molecule has 0 saturated carbocycles. The first-order chi connectivity index (χ1) is 14.6. The molecule has 9 heteroatoms. The molecule has 3 rings (SSSR count). The van der Waals surface area contributed by atoms with Crippen molar-refractivity contribution in [2.24, 2.45) is 0 Å². The lowest BCUT2D eigenvalue weighted by Crippen LogP contribution is -2.43. The van der Waals surface area contributed by atoms with Gasteiger partial charge in [0.15, 0.2) is 0 Å². The van der Waals surface area contributed by atoms with Crippen molar-refractivity contribution in [2.75, 3.05) is 20.1 Å². The van der Waals surface area contributed by atoms with Gasteiger partial charge in [-0.15, -0.1) is 0 Å². The first-order valence-electron chi connectivity index (χ1n) is 11.0. The van der Waals surface area contributed by atoms with E-state index in [-0.39, 0.29) is 17.4 Å². The molecule has 0 unspecified atom stereocenters. The fourth-order valence-corrected chi connectivity index (χ4v) is 3.74. The number of nitrogens with zero attached hydrogens (tertiary/aromatic N) is 2. The van der Waals surface area contributed by atoms with Gasteiger partial charge in [-0.25, -0.2) is 9.18 Å². The number of amides is 2. The molecule has 0 radical (unpaired) electrons. The molecule has 2 aliphatic heterocycles. The standard InChI is InChI=1S/C23H34BFN2O5/c1-21(2,3)30-20(29)26(8)16-11-12-27(14-16)19(28)15-9-10-18(25)17(13-15)24-31-22(4,5)23(6,7)32-24/h9-10,13,16H,11-12,14H2,1-8H3/t16-/m1/s1. The van der Waals surface area contributed by atoms with Gasteiger partial charge in [0.1, 0.15) is 11.4 Å². The molecule has 1 aromatic rings. The van der Waals surface area contributed by atoms with E-state index in [1.54, 1.807) is 16.8 Å².